The summed E-state index contributed by atoms with van der Waals surface area (Å²) in [7, 11) is 1.48. The van der Waals surface area contributed by atoms with Crippen molar-refractivity contribution in [3.05, 3.63) is 70.2 Å². The molecule has 0 unspecified atom stereocenters. The lowest BCUT2D eigenvalue weighted by Crippen LogP contribution is -2.11. The van der Waals surface area contributed by atoms with E-state index in [1.165, 1.54) is 7.11 Å². The number of halogens is 1. The largest absolute Gasteiger partial charge is 0.493 e. The number of carboxylic acids is 1. The van der Waals surface area contributed by atoms with E-state index in [0.29, 0.717) is 23.5 Å². The molecule has 5 nitrogen and oxygen atoms in total. The third kappa shape index (κ3) is 5.47. The number of nitriles is 1. The zero-order chi connectivity index (χ0) is 19.8. The number of carboxylic acid groups (broad SMARTS) is 1. The Balaban J connectivity index is 2.51. The van der Waals surface area contributed by atoms with Crippen LogP contribution < -0.4 is 9.47 Å². The Morgan fingerprint density at radius 1 is 1.33 bits per heavy atom. The van der Waals surface area contributed by atoms with Crippen molar-refractivity contribution < 1.29 is 19.4 Å². The van der Waals surface area contributed by atoms with Gasteiger partial charge in [-0.2, -0.15) is 5.26 Å². The lowest BCUT2D eigenvalue weighted by atomic mass is 10.0. The molecule has 0 fully saturated rings. The van der Waals surface area contributed by atoms with Gasteiger partial charge in [0.1, 0.15) is 0 Å². The summed E-state index contributed by atoms with van der Waals surface area (Å²) in [5.74, 6) is -0.318. The molecule has 2 aromatic rings. The Morgan fingerprint density at radius 3 is 2.59 bits per heavy atom. The standard InChI is InChI=1S/C21H18BrNO4/c1-3-4-16-9-14(11-19(26-2)21(16)27-13-20(24)25)10-17(12-23)15-5-7-18(22)8-6-15/h3,5-11H,1,4,13H2,2H3,(H,24,25)/b17-10-. The van der Waals surface area contributed by atoms with Crippen LogP contribution in [0, 0.1) is 11.3 Å². The van der Waals surface area contributed by atoms with Gasteiger partial charge in [-0.05, 0) is 47.9 Å². The highest BCUT2D eigenvalue weighted by Crippen LogP contribution is 2.35. The van der Waals surface area contributed by atoms with Crippen LogP contribution in [-0.2, 0) is 11.2 Å². The Kier molecular flexibility index (Phi) is 7.21. The number of hydrogen-bond donors (Lipinski definition) is 1. The Bertz CT molecular complexity index is 911. The number of carbonyl (C=O) groups is 1. The molecule has 2 aromatic carbocycles. The summed E-state index contributed by atoms with van der Waals surface area (Å²) in [4.78, 5) is 10.8. The fourth-order valence-corrected chi connectivity index (χ4v) is 2.76. The minimum Gasteiger partial charge on any atom is -0.493 e. The summed E-state index contributed by atoms with van der Waals surface area (Å²) in [6.45, 7) is 3.25. The SMILES string of the molecule is C=CCc1cc(/C=C(/C#N)c2ccc(Br)cc2)cc(OC)c1OCC(=O)O. The number of ether oxygens (including phenoxy) is 2. The molecule has 0 amide bonds. The van der Waals surface area contributed by atoms with Gasteiger partial charge in [-0.1, -0.05) is 34.1 Å². The Morgan fingerprint density at radius 2 is 2.04 bits per heavy atom. The predicted molar refractivity (Wildman–Crippen MR) is 108 cm³/mol. The maximum absolute atomic E-state index is 10.8. The van der Waals surface area contributed by atoms with Gasteiger partial charge in [0.15, 0.2) is 18.1 Å². The normalized spacial score (nSPS) is 10.8. The van der Waals surface area contributed by atoms with Crippen molar-refractivity contribution in [1.82, 2.24) is 0 Å². The lowest BCUT2D eigenvalue weighted by Gasteiger charge is -2.15. The zero-order valence-corrected chi connectivity index (χ0v) is 16.3. The summed E-state index contributed by atoms with van der Waals surface area (Å²) >= 11 is 3.38. The van der Waals surface area contributed by atoms with Crippen LogP contribution >= 0.6 is 15.9 Å². The number of nitrogens with zero attached hydrogens (tertiary/aromatic N) is 1. The summed E-state index contributed by atoms with van der Waals surface area (Å²) in [5, 5.41) is 18.4. The number of benzene rings is 2. The van der Waals surface area contributed by atoms with Gasteiger partial charge in [0.2, 0.25) is 0 Å². The van der Waals surface area contributed by atoms with Crippen molar-refractivity contribution >= 4 is 33.5 Å². The van der Waals surface area contributed by atoms with Crippen LogP contribution in [0.4, 0.5) is 0 Å². The smallest absolute Gasteiger partial charge is 0.341 e. The van der Waals surface area contributed by atoms with E-state index < -0.39 is 12.6 Å². The Hall–Kier alpha value is -3.04. The minimum absolute atomic E-state index is 0.360. The van der Waals surface area contributed by atoms with Gasteiger partial charge in [0.05, 0.1) is 18.8 Å². The summed E-state index contributed by atoms with van der Waals surface area (Å²) in [5.41, 5.74) is 2.75. The number of aliphatic carboxylic acids is 1. The van der Waals surface area contributed by atoms with Crippen LogP contribution in [0.1, 0.15) is 16.7 Å². The van der Waals surface area contributed by atoms with E-state index >= 15 is 0 Å². The van der Waals surface area contributed by atoms with Crippen LogP contribution in [-0.4, -0.2) is 24.8 Å². The average molecular weight is 428 g/mol. The third-order valence-corrected chi connectivity index (χ3v) is 4.19. The molecule has 0 saturated heterocycles. The molecule has 0 aliphatic carbocycles. The van der Waals surface area contributed by atoms with Gasteiger partial charge in [-0.25, -0.2) is 4.79 Å². The predicted octanol–water partition coefficient (Wildman–Crippen LogP) is 4.71. The van der Waals surface area contributed by atoms with Crippen LogP contribution in [0.5, 0.6) is 11.5 Å². The quantitative estimate of drug-likeness (QED) is 0.374. The van der Waals surface area contributed by atoms with Gasteiger partial charge in [0, 0.05) is 10.0 Å². The molecule has 1 N–H and O–H groups in total. The van der Waals surface area contributed by atoms with E-state index in [0.717, 1.165) is 21.2 Å². The molecule has 6 heteroatoms. The summed E-state index contributed by atoms with van der Waals surface area (Å²) < 4.78 is 11.7. The first-order valence-corrected chi connectivity index (χ1v) is 8.82. The number of rotatable bonds is 8. The van der Waals surface area contributed by atoms with Crippen molar-refractivity contribution in [1.29, 1.82) is 5.26 Å². The van der Waals surface area contributed by atoms with Crippen molar-refractivity contribution in [2.45, 2.75) is 6.42 Å². The second-order valence-corrected chi connectivity index (χ2v) is 6.48. The monoisotopic (exact) mass is 427 g/mol. The molecule has 0 saturated carbocycles. The molecular formula is C21H18BrNO4. The molecule has 0 aliphatic rings. The summed E-state index contributed by atoms with van der Waals surface area (Å²) in [6.07, 6.45) is 3.91. The topological polar surface area (TPSA) is 79.5 Å². The molecule has 0 aromatic heterocycles. The zero-order valence-electron chi connectivity index (χ0n) is 14.7. The molecular weight excluding hydrogens is 410 g/mol. The van der Waals surface area contributed by atoms with Gasteiger partial charge in [-0.3, -0.25) is 0 Å². The molecule has 0 radical (unpaired) electrons. The second kappa shape index (κ2) is 9.60. The van der Waals surface area contributed by atoms with Crippen LogP contribution in [0.3, 0.4) is 0 Å². The van der Waals surface area contributed by atoms with Crippen molar-refractivity contribution in [3.63, 3.8) is 0 Å². The number of allylic oxidation sites excluding steroid dienone is 2. The molecule has 2 rings (SSSR count). The van der Waals surface area contributed by atoms with Crippen molar-refractivity contribution in [3.8, 4) is 17.6 Å². The molecule has 0 heterocycles. The Labute approximate surface area is 166 Å². The minimum atomic E-state index is -1.08. The molecule has 27 heavy (non-hydrogen) atoms. The number of methoxy groups -OCH3 is 1. The lowest BCUT2D eigenvalue weighted by molar-refractivity contribution is -0.139. The first kappa shape index (κ1) is 20.3. The van der Waals surface area contributed by atoms with Gasteiger partial charge < -0.3 is 14.6 Å². The molecule has 0 atom stereocenters. The van der Waals surface area contributed by atoms with E-state index in [1.807, 2.05) is 30.3 Å². The first-order chi connectivity index (χ1) is 13.0. The van der Waals surface area contributed by atoms with Crippen molar-refractivity contribution in [2.24, 2.45) is 0 Å². The highest BCUT2D eigenvalue weighted by atomic mass is 79.9. The van der Waals surface area contributed by atoms with Crippen molar-refractivity contribution in [2.75, 3.05) is 13.7 Å². The van der Waals surface area contributed by atoms with E-state index in [-0.39, 0.29) is 0 Å². The first-order valence-electron chi connectivity index (χ1n) is 8.02. The fourth-order valence-electron chi connectivity index (χ4n) is 2.50. The van der Waals surface area contributed by atoms with E-state index in [4.69, 9.17) is 14.6 Å². The number of hydrogen-bond acceptors (Lipinski definition) is 4. The maximum atomic E-state index is 10.8. The highest BCUT2D eigenvalue weighted by molar-refractivity contribution is 9.10. The van der Waals surface area contributed by atoms with Crippen LogP contribution in [0.2, 0.25) is 0 Å². The van der Waals surface area contributed by atoms with E-state index in [1.54, 1.807) is 18.2 Å². The van der Waals surface area contributed by atoms with Crippen LogP contribution in [0.25, 0.3) is 11.6 Å². The van der Waals surface area contributed by atoms with Gasteiger partial charge >= 0.3 is 5.97 Å². The van der Waals surface area contributed by atoms with E-state index in [2.05, 4.69) is 28.6 Å². The summed E-state index contributed by atoms with van der Waals surface area (Å²) in [6, 6.07) is 13.2. The second-order valence-electron chi connectivity index (χ2n) is 5.56. The fraction of sp³-hybridized carbons (Fsp3) is 0.143. The van der Waals surface area contributed by atoms with E-state index in [9.17, 15) is 10.1 Å². The molecule has 138 valence electrons. The van der Waals surface area contributed by atoms with Crippen LogP contribution in [0.15, 0.2) is 53.5 Å². The van der Waals surface area contributed by atoms with Gasteiger partial charge in [0.25, 0.3) is 0 Å². The molecule has 0 spiro atoms. The maximum Gasteiger partial charge on any atom is 0.341 e. The third-order valence-electron chi connectivity index (χ3n) is 3.66. The molecule has 0 aliphatic heterocycles. The average Bonchev–Trinajstić information content (AvgIpc) is 2.65. The highest BCUT2D eigenvalue weighted by Gasteiger charge is 2.14. The molecule has 0 bridgehead atoms. The van der Waals surface area contributed by atoms with Gasteiger partial charge in [-0.15, -0.1) is 6.58 Å².